The van der Waals surface area contributed by atoms with Gasteiger partial charge in [0, 0.05) is 4.70 Å². The molecule has 0 fully saturated rings. The van der Waals surface area contributed by atoms with Crippen LogP contribution in [0.3, 0.4) is 0 Å². The molecule has 1 aromatic carbocycles. The van der Waals surface area contributed by atoms with Crippen LogP contribution < -0.4 is 4.74 Å². The van der Waals surface area contributed by atoms with Crippen LogP contribution in [0.5, 0.6) is 5.75 Å². The summed E-state index contributed by atoms with van der Waals surface area (Å²) in [4.78, 5) is 10.7. The predicted octanol–water partition coefficient (Wildman–Crippen LogP) is 3.49. The van der Waals surface area contributed by atoms with Gasteiger partial charge in [0.05, 0.1) is 13.5 Å². The van der Waals surface area contributed by atoms with Crippen molar-refractivity contribution in [1.29, 1.82) is 0 Å². The van der Waals surface area contributed by atoms with E-state index in [4.69, 9.17) is 9.84 Å². The number of fused-ring (bicyclic) bond motifs is 1. The highest BCUT2D eigenvalue weighted by Gasteiger charge is 2.15. The third kappa shape index (κ3) is 2.42. The van der Waals surface area contributed by atoms with Crippen LogP contribution in [0.4, 0.5) is 0 Å². The van der Waals surface area contributed by atoms with E-state index in [2.05, 4.69) is 0 Å². The summed E-state index contributed by atoms with van der Waals surface area (Å²) in [5.41, 5.74) is 1.09. The number of hydrogen-bond donors (Lipinski definition) is 1. The molecule has 0 saturated carbocycles. The first-order chi connectivity index (χ1) is 8.11. The van der Waals surface area contributed by atoms with Crippen molar-refractivity contribution in [3.8, 4) is 5.75 Å². The number of carboxylic acids is 1. The van der Waals surface area contributed by atoms with E-state index in [1.54, 1.807) is 18.4 Å². The van der Waals surface area contributed by atoms with Gasteiger partial charge in [-0.05, 0) is 40.4 Å². The second-order valence-electron chi connectivity index (χ2n) is 4.05. The smallest absolute Gasteiger partial charge is 0.303 e. The Morgan fingerprint density at radius 2 is 2.29 bits per heavy atom. The molecule has 2 aromatic rings. The van der Waals surface area contributed by atoms with Crippen molar-refractivity contribution < 1.29 is 14.6 Å². The molecular formula is C13H14O3S. The van der Waals surface area contributed by atoms with Crippen LogP contribution in [-0.4, -0.2) is 18.2 Å². The zero-order valence-corrected chi connectivity index (χ0v) is 10.6. The molecular weight excluding hydrogens is 236 g/mol. The zero-order chi connectivity index (χ0) is 12.4. The van der Waals surface area contributed by atoms with Crippen LogP contribution in [0.15, 0.2) is 23.6 Å². The normalized spacial score (nSPS) is 12.6. The van der Waals surface area contributed by atoms with Gasteiger partial charge in [0.2, 0.25) is 0 Å². The first-order valence-electron chi connectivity index (χ1n) is 5.38. The van der Waals surface area contributed by atoms with E-state index in [9.17, 15) is 4.79 Å². The molecule has 0 aliphatic rings. The lowest BCUT2D eigenvalue weighted by Crippen LogP contribution is -2.02. The van der Waals surface area contributed by atoms with Crippen molar-refractivity contribution in [2.75, 3.05) is 7.11 Å². The van der Waals surface area contributed by atoms with E-state index in [1.807, 2.05) is 30.5 Å². The van der Waals surface area contributed by atoms with Crippen molar-refractivity contribution in [2.45, 2.75) is 19.3 Å². The van der Waals surface area contributed by atoms with Crippen LogP contribution in [-0.2, 0) is 4.79 Å². The maximum absolute atomic E-state index is 10.7. The molecule has 1 unspecified atom stereocenters. The molecule has 0 bridgehead atoms. The summed E-state index contributed by atoms with van der Waals surface area (Å²) in [6.07, 6.45) is 0.156. The molecule has 1 N–H and O–H groups in total. The lowest BCUT2D eigenvalue weighted by Gasteiger charge is -2.08. The molecule has 90 valence electrons. The molecule has 17 heavy (non-hydrogen) atoms. The topological polar surface area (TPSA) is 46.5 Å². The van der Waals surface area contributed by atoms with Crippen LogP contribution in [0.2, 0.25) is 0 Å². The van der Waals surface area contributed by atoms with E-state index >= 15 is 0 Å². The number of aliphatic carboxylic acids is 1. The van der Waals surface area contributed by atoms with Gasteiger partial charge in [-0.1, -0.05) is 6.92 Å². The lowest BCUT2D eigenvalue weighted by molar-refractivity contribution is -0.137. The summed E-state index contributed by atoms with van der Waals surface area (Å²) in [5, 5.41) is 12.0. The number of thiophene rings is 1. The quantitative estimate of drug-likeness (QED) is 0.903. The number of methoxy groups -OCH3 is 1. The summed E-state index contributed by atoms with van der Waals surface area (Å²) in [6.45, 7) is 1.94. The summed E-state index contributed by atoms with van der Waals surface area (Å²) < 4.78 is 6.36. The van der Waals surface area contributed by atoms with Crippen LogP contribution in [0, 0.1) is 0 Å². The van der Waals surface area contributed by atoms with Crippen molar-refractivity contribution in [3.05, 3.63) is 29.1 Å². The second kappa shape index (κ2) is 4.75. The average Bonchev–Trinajstić information content (AvgIpc) is 2.70. The number of ether oxygens (including phenoxy) is 1. The molecule has 1 atom stereocenters. The molecule has 3 nitrogen and oxygen atoms in total. The van der Waals surface area contributed by atoms with Gasteiger partial charge in [0.1, 0.15) is 5.75 Å². The summed E-state index contributed by atoms with van der Waals surface area (Å²) in [7, 11) is 1.63. The van der Waals surface area contributed by atoms with Gasteiger partial charge in [-0.3, -0.25) is 4.79 Å². The Morgan fingerprint density at radius 1 is 1.53 bits per heavy atom. The first kappa shape index (κ1) is 11.9. The Labute approximate surface area is 104 Å². The Morgan fingerprint density at radius 3 is 2.94 bits per heavy atom. The van der Waals surface area contributed by atoms with Crippen molar-refractivity contribution >= 4 is 27.4 Å². The van der Waals surface area contributed by atoms with Gasteiger partial charge in [0.15, 0.2) is 0 Å². The van der Waals surface area contributed by atoms with E-state index < -0.39 is 5.97 Å². The second-order valence-corrected chi connectivity index (χ2v) is 4.96. The van der Waals surface area contributed by atoms with Gasteiger partial charge in [0.25, 0.3) is 0 Å². The number of benzene rings is 1. The van der Waals surface area contributed by atoms with Crippen LogP contribution >= 0.6 is 11.3 Å². The SMILES string of the molecule is COc1ccc2scc(C(C)CC(=O)O)c2c1. The van der Waals surface area contributed by atoms with Gasteiger partial charge >= 0.3 is 5.97 Å². The maximum Gasteiger partial charge on any atom is 0.303 e. The molecule has 0 saturated heterocycles. The third-order valence-electron chi connectivity index (χ3n) is 2.82. The first-order valence-corrected chi connectivity index (χ1v) is 6.26. The molecule has 4 heteroatoms. The molecule has 1 heterocycles. The Balaban J connectivity index is 2.43. The van der Waals surface area contributed by atoms with E-state index in [0.29, 0.717) is 0 Å². The van der Waals surface area contributed by atoms with Crippen LogP contribution in [0.1, 0.15) is 24.8 Å². The van der Waals surface area contributed by atoms with Gasteiger partial charge in [-0.25, -0.2) is 0 Å². The Hall–Kier alpha value is -1.55. The summed E-state index contributed by atoms with van der Waals surface area (Å²) in [6, 6.07) is 5.90. The number of carboxylic acid groups (broad SMARTS) is 1. The fraction of sp³-hybridized carbons (Fsp3) is 0.308. The highest BCUT2D eigenvalue weighted by atomic mass is 32.1. The molecule has 0 aliphatic heterocycles. The third-order valence-corrected chi connectivity index (χ3v) is 3.80. The maximum atomic E-state index is 10.7. The Kier molecular flexibility index (Phi) is 3.33. The molecule has 0 spiro atoms. The van der Waals surface area contributed by atoms with Crippen molar-refractivity contribution in [2.24, 2.45) is 0 Å². The standard InChI is InChI=1S/C13H14O3S/c1-8(5-13(14)15)11-7-17-12-4-3-9(16-2)6-10(11)12/h3-4,6-8H,5H2,1-2H3,(H,14,15). The van der Waals surface area contributed by atoms with Crippen LogP contribution in [0.25, 0.3) is 10.1 Å². The molecule has 1 aromatic heterocycles. The Bertz CT molecular complexity index is 545. The minimum Gasteiger partial charge on any atom is -0.497 e. The number of hydrogen-bond acceptors (Lipinski definition) is 3. The highest BCUT2D eigenvalue weighted by molar-refractivity contribution is 7.17. The highest BCUT2D eigenvalue weighted by Crippen LogP contribution is 2.34. The van der Waals surface area contributed by atoms with E-state index in [-0.39, 0.29) is 12.3 Å². The van der Waals surface area contributed by atoms with Crippen molar-refractivity contribution in [1.82, 2.24) is 0 Å². The van der Waals surface area contributed by atoms with Gasteiger partial charge in [-0.2, -0.15) is 0 Å². The summed E-state index contributed by atoms with van der Waals surface area (Å²) in [5.74, 6) is 0.0628. The minimum atomic E-state index is -0.764. The number of carbonyl (C=O) groups is 1. The van der Waals surface area contributed by atoms with Crippen molar-refractivity contribution in [3.63, 3.8) is 0 Å². The minimum absolute atomic E-state index is 0.0216. The molecule has 0 radical (unpaired) electrons. The lowest BCUT2D eigenvalue weighted by atomic mass is 9.97. The van der Waals surface area contributed by atoms with E-state index in [1.165, 1.54) is 0 Å². The van der Waals surface area contributed by atoms with E-state index in [0.717, 1.165) is 21.4 Å². The largest absolute Gasteiger partial charge is 0.497 e. The fourth-order valence-electron chi connectivity index (χ4n) is 1.91. The predicted molar refractivity (Wildman–Crippen MR) is 69.0 cm³/mol. The molecule has 2 rings (SSSR count). The van der Waals surface area contributed by atoms with Gasteiger partial charge in [-0.15, -0.1) is 11.3 Å². The fourth-order valence-corrected chi connectivity index (χ4v) is 2.97. The van der Waals surface area contributed by atoms with Gasteiger partial charge < -0.3 is 9.84 Å². The average molecular weight is 250 g/mol. The zero-order valence-electron chi connectivity index (χ0n) is 9.77. The molecule has 0 amide bonds. The molecule has 0 aliphatic carbocycles. The summed E-state index contributed by atoms with van der Waals surface area (Å²) >= 11 is 1.64. The monoisotopic (exact) mass is 250 g/mol. The number of rotatable bonds is 4.